The molecule has 1 saturated carbocycles. The molecule has 3 aliphatic rings. The number of nitrogens with zero attached hydrogens (tertiary/aromatic N) is 3. The Bertz CT molecular complexity index is 604. The Kier molecular flexibility index (Phi) is 4.67. The minimum atomic E-state index is -0.183. The van der Waals surface area contributed by atoms with Gasteiger partial charge in [0, 0.05) is 51.5 Å². The lowest BCUT2D eigenvalue weighted by atomic mass is 9.85. The zero-order valence-corrected chi connectivity index (χ0v) is 14.9. The van der Waals surface area contributed by atoms with Gasteiger partial charge in [-0.2, -0.15) is 0 Å². The molecule has 0 aromatic heterocycles. The van der Waals surface area contributed by atoms with Crippen LogP contribution in [0.1, 0.15) is 32.1 Å². The quantitative estimate of drug-likeness (QED) is 0.840. The third-order valence-corrected chi connectivity index (χ3v) is 6.41. The molecular weight excluding hydrogens is 317 g/mol. The molecule has 0 radical (unpaired) electrons. The van der Waals surface area contributed by atoms with Gasteiger partial charge in [-0.15, -0.1) is 0 Å². The van der Waals surface area contributed by atoms with Crippen molar-refractivity contribution in [2.75, 3.05) is 50.7 Å². The second-order valence-corrected chi connectivity index (χ2v) is 7.83. The highest BCUT2D eigenvalue weighted by molar-refractivity contribution is 5.85. The molecule has 2 saturated heterocycles. The molecule has 0 atom stereocenters. The molecular formula is C20H28FN3O. The van der Waals surface area contributed by atoms with Crippen LogP contribution in [0, 0.1) is 11.2 Å². The van der Waals surface area contributed by atoms with Crippen molar-refractivity contribution in [3.63, 3.8) is 0 Å². The van der Waals surface area contributed by atoms with Crippen molar-refractivity contribution < 1.29 is 9.18 Å². The number of carbonyl (C=O) groups is 1. The minimum absolute atomic E-state index is 0.0152. The molecule has 0 unspecified atom stereocenters. The molecule has 1 amide bonds. The summed E-state index contributed by atoms with van der Waals surface area (Å²) in [6.45, 7) is 6.73. The van der Waals surface area contributed by atoms with Gasteiger partial charge in [-0.25, -0.2) is 4.39 Å². The van der Waals surface area contributed by atoms with Crippen LogP contribution < -0.4 is 4.90 Å². The fraction of sp³-hybridized carbons (Fsp3) is 0.650. The first kappa shape index (κ1) is 16.8. The van der Waals surface area contributed by atoms with Crippen molar-refractivity contribution in [3.05, 3.63) is 30.1 Å². The maximum atomic E-state index is 13.0. The lowest BCUT2D eigenvalue weighted by molar-refractivity contribution is -0.136. The fourth-order valence-corrected chi connectivity index (χ4v) is 4.77. The Labute approximate surface area is 149 Å². The van der Waals surface area contributed by atoms with Crippen LogP contribution in [0.25, 0.3) is 0 Å². The fourth-order valence-electron chi connectivity index (χ4n) is 4.77. The van der Waals surface area contributed by atoms with Crippen molar-refractivity contribution in [1.82, 2.24) is 9.80 Å². The highest BCUT2D eigenvalue weighted by atomic mass is 19.1. The first-order chi connectivity index (χ1) is 12.2. The summed E-state index contributed by atoms with van der Waals surface area (Å²) >= 11 is 0. The Morgan fingerprint density at radius 3 is 2.24 bits per heavy atom. The van der Waals surface area contributed by atoms with Crippen LogP contribution in [-0.4, -0.2) is 61.5 Å². The van der Waals surface area contributed by atoms with Crippen molar-refractivity contribution in [1.29, 1.82) is 0 Å². The summed E-state index contributed by atoms with van der Waals surface area (Å²) in [5.74, 6) is 0.243. The number of likely N-dealkylation sites (tertiary alicyclic amines) is 1. The maximum Gasteiger partial charge on any atom is 0.228 e. The van der Waals surface area contributed by atoms with Gasteiger partial charge in [0.05, 0.1) is 5.41 Å². The summed E-state index contributed by atoms with van der Waals surface area (Å²) in [5, 5.41) is 0. The average molecular weight is 345 g/mol. The Hall–Kier alpha value is -1.62. The zero-order chi connectivity index (χ0) is 17.3. The molecule has 25 heavy (non-hydrogen) atoms. The lowest BCUT2D eigenvalue weighted by Crippen LogP contribution is -2.49. The summed E-state index contributed by atoms with van der Waals surface area (Å²) in [6, 6.07) is 6.77. The molecule has 2 heterocycles. The Balaban J connectivity index is 1.24. The van der Waals surface area contributed by atoms with Crippen molar-refractivity contribution in [2.24, 2.45) is 5.41 Å². The van der Waals surface area contributed by atoms with Gasteiger partial charge in [0.1, 0.15) is 5.82 Å². The molecule has 0 N–H and O–H groups in total. The standard InChI is InChI=1S/C20H28FN3O/c21-17-3-5-18(6-4-17)23-14-11-22(12-15-23)13-16-24-10-9-20(19(24)25)7-1-2-8-20/h3-6H,1-2,7-16H2. The molecule has 4 rings (SSSR count). The van der Waals surface area contributed by atoms with E-state index in [4.69, 9.17) is 0 Å². The van der Waals surface area contributed by atoms with Gasteiger partial charge in [-0.3, -0.25) is 9.69 Å². The molecule has 2 aliphatic heterocycles. The van der Waals surface area contributed by atoms with E-state index < -0.39 is 0 Å². The number of piperazine rings is 1. The normalized spacial score (nSPS) is 23.8. The number of benzene rings is 1. The highest BCUT2D eigenvalue weighted by Gasteiger charge is 2.47. The van der Waals surface area contributed by atoms with Crippen LogP contribution in [0.5, 0.6) is 0 Å². The summed E-state index contributed by atoms with van der Waals surface area (Å²) in [4.78, 5) is 19.6. The van der Waals surface area contributed by atoms with E-state index in [9.17, 15) is 9.18 Å². The number of halogens is 1. The van der Waals surface area contributed by atoms with Crippen LogP contribution >= 0.6 is 0 Å². The van der Waals surface area contributed by atoms with E-state index in [1.165, 1.54) is 25.0 Å². The molecule has 4 nitrogen and oxygen atoms in total. The first-order valence-electron chi connectivity index (χ1n) is 9.69. The molecule has 136 valence electrons. The Morgan fingerprint density at radius 1 is 0.880 bits per heavy atom. The monoisotopic (exact) mass is 345 g/mol. The van der Waals surface area contributed by atoms with Gasteiger partial charge < -0.3 is 9.80 Å². The van der Waals surface area contributed by atoms with E-state index in [2.05, 4.69) is 14.7 Å². The smallest absolute Gasteiger partial charge is 0.228 e. The van der Waals surface area contributed by atoms with E-state index in [0.717, 1.165) is 70.8 Å². The molecule has 0 bridgehead atoms. The third-order valence-electron chi connectivity index (χ3n) is 6.41. The van der Waals surface area contributed by atoms with Crippen LogP contribution in [0.15, 0.2) is 24.3 Å². The Morgan fingerprint density at radius 2 is 1.56 bits per heavy atom. The summed E-state index contributed by atoms with van der Waals surface area (Å²) < 4.78 is 13.0. The van der Waals surface area contributed by atoms with E-state index in [1.54, 1.807) is 0 Å². The van der Waals surface area contributed by atoms with Gasteiger partial charge in [-0.1, -0.05) is 12.8 Å². The van der Waals surface area contributed by atoms with Crippen LogP contribution in [0.2, 0.25) is 0 Å². The number of hydrogen-bond acceptors (Lipinski definition) is 3. The van der Waals surface area contributed by atoms with Crippen LogP contribution in [0.3, 0.4) is 0 Å². The van der Waals surface area contributed by atoms with Gasteiger partial charge >= 0.3 is 0 Å². The minimum Gasteiger partial charge on any atom is -0.369 e. The molecule has 1 aliphatic carbocycles. The molecule has 1 spiro atoms. The third kappa shape index (κ3) is 3.39. The molecule has 5 heteroatoms. The predicted molar refractivity (Wildman–Crippen MR) is 97.2 cm³/mol. The molecule has 1 aromatic rings. The first-order valence-corrected chi connectivity index (χ1v) is 9.69. The van der Waals surface area contributed by atoms with E-state index >= 15 is 0 Å². The lowest BCUT2D eigenvalue weighted by Gasteiger charge is -2.36. The number of amides is 1. The number of anilines is 1. The second kappa shape index (κ2) is 6.94. The van der Waals surface area contributed by atoms with Crippen LogP contribution in [-0.2, 0) is 4.79 Å². The maximum absolute atomic E-state index is 13.0. The van der Waals surface area contributed by atoms with Crippen LogP contribution in [0.4, 0.5) is 10.1 Å². The zero-order valence-electron chi connectivity index (χ0n) is 14.9. The summed E-state index contributed by atoms with van der Waals surface area (Å²) in [6.07, 6.45) is 5.75. The average Bonchev–Trinajstić information content (AvgIpc) is 3.24. The largest absolute Gasteiger partial charge is 0.369 e. The van der Waals surface area contributed by atoms with Gasteiger partial charge in [-0.05, 0) is 43.5 Å². The predicted octanol–water partition coefficient (Wildman–Crippen LogP) is 2.74. The van der Waals surface area contributed by atoms with E-state index in [-0.39, 0.29) is 11.2 Å². The van der Waals surface area contributed by atoms with Gasteiger partial charge in [0.25, 0.3) is 0 Å². The highest BCUT2D eigenvalue weighted by Crippen LogP contribution is 2.46. The molecule has 3 fully saturated rings. The summed E-state index contributed by atoms with van der Waals surface area (Å²) in [7, 11) is 0. The number of hydrogen-bond donors (Lipinski definition) is 0. The number of rotatable bonds is 4. The van der Waals surface area contributed by atoms with Crippen molar-refractivity contribution in [2.45, 2.75) is 32.1 Å². The topological polar surface area (TPSA) is 26.8 Å². The van der Waals surface area contributed by atoms with Crippen molar-refractivity contribution in [3.8, 4) is 0 Å². The van der Waals surface area contributed by atoms with Gasteiger partial charge in [0.15, 0.2) is 0 Å². The van der Waals surface area contributed by atoms with Crippen molar-refractivity contribution >= 4 is 11.6 Å². The van der Waals surface area contributed by atoms with E-state index in [0.29, 0.717) is 5.91 Å². The van der Waals surface area contributed by atoms with E-state index in [1.807, 2.05) is 12.1 Å². The summed E-state index contributed by atoms with van der Waals surface area (Å²) in [5.41, 5.74) is 1.11. The SMILES string of the molecule is O=C1N(CCN2CCN(c3ccc(F)cc3)CC2)CCC12CCCC2. The molecule has 1 aromatic carbocycles. The van der Waals surface area contributed by atoms with Gasteiger partial charge in [0.2, 0.25) is 5.91 Å². The second-order valence-electron chi connectivity index (χ2n) is 7.83. The number of carbonyl (C=O) groups excluding carboxylic acids is 1.